The Morgan fingerprint density at radius 1 is 1.16 bits per heavy atom. The Morgan fingerprint density at radius 2 is 1.91 bits per heavy atom. The molecule has 0 fully saturated rings. The zero-order valence-electron chi connectivity index (χ0n) is 17.6. The topological polar surface area (TPSA) is 106 Å². The number of nitrogens with two attached hydrogens (primary N) is 1. The van der Waals surface area contributed by atoms with E-state index in [1.54, 1.807) is 24.6 Å². The van der Waals surface area contributed by atoms with Gasteiger partial charge in [0.25, 0.3) is 5.91 Å². The van der Waals surface area contributed by atoms with E-state index in [1.165, 1.54) is 30.3 Å². The molecule has 9 heteroatoms. The minimum Gasteiger partial charge on any atom is -0.383 e. The maximum atomic E-state index is 15.0. The Labute approximate surface area is 182 Å². The zero-order chi connectivity index (χ0) is 23.2. The van der Waals surface area contributed by atoms with E-state index < -0.39 is 23.6 Å². The third-order valence-electron chi connectivity index (χ3n) is 5.23. The van der Waals surface area contributed by atoms with Crippen LogP contribution in [0.3, 0.4) is 0 Å². The van der Waals surface area contributed by atoms with E-state index in [2.05, 4.69) is 15.3 Å². The van der Waals surface area contributed by atoms with Gasteiger partial charge in [0.1, 0.15) is 28.9 Å². The van der Waals surface area contributed by atoms with E-state index in [0.29, 0.717) is 39.4 Å². The van der Waals surface area contributed by atoms with Crippen molar-refractivity contribution in [1.29, 1.82) is 0 Å². The van der Waals surface area contributed by atoms with Crippen molar-refractivity contribution in [3.63, 3.8) is 0 Å². The highest BCUT2D eigenvalue weighted by atomic mass is 19.1. The molecule has 0 spiro atoms. The molecule has 4 aromatic rings. The highest BCUT2D eigenvalue weighted by Crippen LogP contribution is 2.36. The summed E-state index contributed by atoms with van der Waals surface area (Å²) in [7, 11) is 1.81. The first-order chi connectivity index (χ1) is 15.2. The normalized spacial score (nSPS) is 12.2. The van der Waals surface area contributed by atoms with Gasteiger partial charge >= 0.3 is 0 Å². The molecule has 7 nitrogen and oxygen atoms in total. The molecule has 1 amide bonds. The summed E-state index contributed by atoms with van der Waals surface area (Å²) in [6.07, 6.45) is 0.145. The number of aryl methyl sites for hydroxylation is 3. The van der Waals surface area contributed by atoms with Gasteiger partial charge in [0.2, 0.25) is 0 Å². The molecule has 2 aromatic heterocycles. The van der Waals surface area contributed by atoms with Crippen molar-refractivity contribution in [2.45, 2.75) is 20.0 Å². The Balaban J connectivity index is 1.69. The fourth-order valence-corrected chi connectivity index (χ4v) is 3.71. The molecule has 2 aromatic carbocycles. The summed E-state index contributed by atoms with van der Waals surface area (Å²) >= 11 is 0. The summed E-state index contributed by atoms with van der Waals surface area (Å²) in [5.41, 5.74) is 8.60. The average Bonchev–Trinajstić information content (AvgIpc) is 3.06. The van der Waals surface area contributed by atoms with Crippen LogP contribution >= 0.6 is 0 Å². The second-order valence-electron chi connectivity index (χ2n) is 7.60. The molecule has 1 atom stereocenters. The standard InChI is InChI=1S/C23H21F2N5O2/c1-11-7-18(29-23(32)20(31)13-5-4-6-14(24)8-13)17(25)9-15(11)16-10-30(3)22-19(16)21(26)27-12(2)28-22/h4-10,20,31H,1-3H3,(H,29,32)(H2,26,27,28). The molecule has 0 radical (unpaired) electrons. The minimum atomic E-state index is -1.65. The van der Waals surface area contributed by atoms with Crippen LogP contribution in [0.15, 0.2) is 42.6 Å². The fraction of sp³-hybridized carbons (Fsp3) is 0.174. The van der Waals surface area contributed by atoms with E-state index in [0.717, 1.165) is 6.07 Å². The molecule has 4 rings (SSSR count). The zero-order valence-corrected chi connectivity index (χ0v) is 17.6. The van der Waals surface area contributed by atoms with E-state index >= 15 is 0 Å². The van der Waals surface area contributed by atoms with Crippen LogP contribution in [0.1, 0.15) is 23.1 Å². The van der Waals surface area contributed by atoms with Gasteiger partial charge in [-0.3, -0.25) is 4.79 Å². The second-order valence-corrected chi connectivity index (χ2v) is 7.60. The third kappa shape index (κ3) is 3.78. The van der Waals surface area contributed by atoms with Crippen LogP contribution in [0.5, 0.6) is 0 Å². The van der Waals surface area contributed by atoms with Gasteiger partial charge in [-0.25, -0.2) is 18.7 Å². The Hall–Kier alpha value is -3.85. The van der Waals surface area contributed by atoms with Crippen molar-refractivity contribution in [3.8, 4) is 11.1 Å². The number of aliphatic hydroxyl groups excluding tert-OH is 1. The summed E-state index contributed by atoms with van der Waals surface area (Å²) in [6.45, 7) is 3.50. The monoisotopic (exact) mass is 437 g/mol. The van der Waals surface area contributed by atoms with Gasteiger partial charge < -0.3 is 20.7 Å². The van der Waals surface area contributed by atoms with Gasteiger partial charge in [0, 0.05) is 18.8 Å². The summed E-state index contributed by atoms with van der Waals surface area (Å²) in [4.78, 5) is 21.0. The molecule has 0 aliphatic heterocycles. The van der Waals surface area contributed by atoms with Gasteiger partial charge in [-0.1, -0.05) is 12.1 Å². The minimum absolute atomic E-state index is 0.0674. The SMILES string of the molecule is Cc1nc(N)c2c(-c3cc(F)c(NC(=O)C(O)c4cccc(F)c4)cc3C)cn(C)c2n1. The van der Waals surface area contributed by atoms with Crippen LogP contribution in [-0.2, 0) is 11.8 Å². The van der Waals surface area contributed by atoms with Crippen LogP contribution in [0, 0.1) is 25.5 Å². The molecule has 0 bridgehead atoms. The van der Waals surface area contributed by atoms with Crippen molar-refractivity contribution in [3.05, 3.63) is 71.2 Å². The summed E-state index contributed by atoms with van der Waals surface area (Å²) in [5, 5.41) is 13.2. The molecule has 4 N–H and O–H groups in total. The van der Waals surface area contributed by atoms with Crippen molar-refractivity contribution in [2.24, 2.45) is 7.05 Å². The number of anilines is 2. The quantitative estimate of drug-likeness (QED) is 0.451. The Bertz CT molecular complexity index is 1370. The molecule has 0 saturated heterocycles. The maximum absolute atomic E-state index is 15.0. The smallest absolute Gasteiger partial charge is 0.257 e. The molecule has 0 aliphatic carbocycles. The average molecular weight is 437 g/mol. The molecule has 0 saturated carbocycles. The number of hydrogen-bond acceptors (Lipinski definition) is 5. The number of aliphatic hydroxyl groups is 1. The second kappa shape index (κ2) is 8.01. The van der Waals surface area contributed by atoms with Crippen LogP contribution in [0.4, 0.5) is 20.3 Å². The molecule has 2 heterocycles. The third-order valence-corrected chi connectivity index (χ3v) is 5.23. The number of carbonyl (C=O) groups excluding carboxylic acids is 1. The number of amides is 1. The maximum Gasteiger partial charge on any atom is 0.257 e. The summed E-state index contributed by atoms with van der Waals surface area (Å²) in [5.74, 6) is -1.35. The number of halogens is 2. The Kier molecular flexibility index (Phi) is 5.35. The van der Waals surface area contributed by atoms with Gasteiger partial charge in [-0.05, 0) is 54.8 Å². The molecule has 1 unspecified atom stereocenters. The first kappa shape index (κ1) is 21.4. The Morgan fingerprint density at radius 3 is 2.62 bits per heavy atom. The number of fused-ring (bicyclic) bond motifs is 1. The lowest BCUT2D eigenvalue weighted by molar-refractivity contribution is -0.124. The van der Waals surface area contributed by atoms with Gasteiger partial charge in [0.05, 0.1) is 11.1 Å². The number of hydrogen-bond donors (Lipinski definition) is 3. The predicted octanol–water partition coefficient (Wildman–Crippen LogP) is 3.78. The first-order valence-corrected chi connectivity index (χ1v) is 9.79. The number of benzene rings is 2. The van der Waals surface area contributed by atoms with Crippen molar-refractivity contribution in [2.75, 3.05) is 11.1 Å². The van der Waals surface area contributed by atoms with Crippen LogP contribution in [0.2, 0.25) is 0 Å². The van der Waals surface area contributed by atoms with Crippen LogP contribution in [0.25, 0.3) is 22.2 Å². The highest BCUT2D eigenvalue weighted by Gasteiger charge is 2.21. The number of rotatable bonds is 4. The fourth-order valence-electron chi connectivity index (χ4n) is 3.71. The molecule has 0 aliphatic rings. The lowest BCUT2D eigenvalue weighted by Crippen LogP contribution is -2.21. The number of aromatic nitrogens is 3. The number of carbonyl (C=O) groups is 1. The van der Waals surface area contributed by atoms with Gasteiger partial charge in [-0.15, -0.1) is 0 Å². The van der Waals surface area contributed by atoms with Crippen LogP contribution in [-0.4, -0.2) is 25.5 Å². The molecule has 164 valence electrons. The van der Waals surface area contributed by atoms with Crippen LogP contribution < -0.4 is 11.1 Å². The number of nitrogens with zero attached hydrogens (tertiary/aromatic N) is 3. The van der Waals surface area contributed by atoms with Gasteiger partial charge in [0.15, 0.2) is 6.10 Å². The molecule has 32 heavy (non-hydrogen) atoms. The predicted molar refractivity (Wildman–Crippen MR) is 118 cm³/mol. The molecular formula is C23H21F2N5O2. The van der Waals surface area contributed by atoms with Crippen molar-refractivity contribution >= 4 is 28.4 Å². The molecular weight excluding hydrogens is 416 g/mol. The largest absolute Gasteiger partial charge is 0.383 e. The highest BCUT2D eigenvalue weighted by molar-refractivity contribution is 6.02. The lowest BCUT2D eigenvalue weighted by Gasteiger charge is -2.14. The van der Waals surface area contributed by atoms with E-state index in [-0.39, 0.29) is 11.3 Å². The van der Waals surface area contributed by atoms with Gasteiger partial charge in [-0.2, -0.15) is 0 Å². The first-order valence-electron chi connectivity index (χ1n) is 9.79. The van der Waals surface area contributed by atoms with Crippen molar-refractivity contribution < 1.29 is 18.7 Å². The van der Waals surface area contributed by atoms with E-state index in [1.807, 2.05) is 7.05 Å². The van der Waals surface area contributed by atoms with E-state index in [4.69, 9.17) is 5.73 Å². The lowest BCUT2D eigenvalue weighted by atomic mass is 9.99. The summed E-state index contributed by atoms with van der Waals surface area (Å²) < 4.78 is 30.1. The van der Waals surface area contributed by atoms with Crippen molar-refractivity contribution in [1.82, 2.24) is 14.5 Å². The summed E-state index contributed by atoms with van der Waals surface area (Å²) in [6, 6.07) is 7.78. The number of nitrogens with one attached hydrogen (secondary N) is 1. The number of nitrogen functional groups attached to an aromatic ring is 1. The van der Waals surface area contributed by atoms with E-state index in [9.17, 15) is 18.7 Å².